The van der Waals surface area contributed by atoms with Gasteiger partial charge in [0.15, 0.2) is 5.11 Å². The van der Waals surface area contributed by atoms with Crippen molar-refractivity contribution in [2.75, 3.05) is 0 Å². The van der Waals surface area contributed by atoms with Crippen LogP contribution in [0.5, 0.6) is 0 Å². The van der Waals surface area contributed by atoms with Crippen LogP contribution in [-0.4, -0.2) is 5.11 Å². The van der Waals surface area contributed by atoms with Crippen molar-refractivity contribution < 1.29 is 0 Å². The van der Waals surface area contributed by atoms with E-state index in [9.17, 15) is 0 Å². The van der Waals surface area contributed by atoms with Gasteiger partial charge in [0, 0.05) is 6.54 Å². The summed E-state index contributed by atoms with van der Waals surface area (Å²) in [6.45, 7) is 2.72. The molecule has 0 aliphatic carbocycles. The van der Waals surface area contributed by atoms with E-state index in [0.717, 1.165) is 5.56 Å². The van der Waals surface area contributed by atoms with Crippen LogP contribution in [0.25, 0.3) is 0 Å². The summed E-state index contributed by atoms with van der Waals surface area (Å²) in [4.78, 5) is 0. The van der Waals surface area contributed by atoms with Crippen molar-refractivity contribution in [2.24, 2.45) is 0 Å². The SMILES string of the molecule is C[C@@H](NC(=S)NCc1ccccc1)c1ccc(Cl)c(Cl)c1. The molecule has 2 rings (SSSR count). The maximum atomic E-state index is 6.03. The van der Waals surface area contributed by atoms with Crippen molar-refractivity contribution in [1.82, 2.24) is 10.6 Å². The van der Waals surface area contributed by atoms with Gasteiger partial charge < -0.3 is 10.6 Å². The third-order valence-electron chi connectivity index (χ3n) is 3.09. The van der Waals surface area contributed by atoms with Crippen LogP contribution in [0.2, 0.25) is 10.0 Å². The van der Waals surface area contributed by atoms with Gasteiger partial charge in [-0.05, 0) is 42.4 Å². The fraction of sp³-hybridized carbons (Fsp3) is 0.188. The van der Waals surface area contributed by atoms with Crippen LogP contribution < -0.4 is 10.6 Å². The summed E-state index contributed by atoms with van der Waals surface area (Å²) in [6.07, 6.45) is 0. The van der Waals surface area contributed by atoms with Gasteiger partial charge in [-0.3, -0.25) is 0 Å². The van der Waals surface area contributed by atoms with Crippen LogP contribution in [0, 0.1) is 0 Å². The van der Waals surface area contributed by atoms with Crippen molar-refractivity contribution in [2.45, 2.75) is 19.5 Å². The van der Waals surface area contributed by atoms with Gasteiger partial charge in [0.25, 0.3) is 0 Å². The first-order valence-corrected chi connectivity index (χ1v) is 7.76. The minimum atomic E-state index is 0.0514. The first kappa shape index (κ1) is 16.1. The van der Waals surface area contributed by atoms with Gasteiger partial charge in [-0.25, -0.2) is 0 Å². The molecule has 0 aliphatic rings. The summed E-state index contributed by atoms with van der Waals surface area (Å²) < 4.78 is 0. The van der Waals surface area contributed by atoms with Gasteiger partial charge in [0.05, 0.1) is 16.1 Å². The van der Waals surface area contributed by atoms with E-state index in [4.69, 9.17) is 35.4 Å². The molecule has 2 nitrogen and oxygen atoms in total. The fourth-order valence-electron chi connectivity index (χ4n) is 1.89. The maximum Gasteiger partial charge on any atom is 0.167 e. The molecule has 0 aromatic heterocycles. The molecule has 0 saturated heterocycles. The molecular formula is C16H16Cl2N2S. The molecule has 0 unspecified atom stereocenters. The average Bonchev–Trinajstić information content (AvgIpc) is 2.49. The zero-order valence-corrected chi connectivity index (χ0v) is 13.9. The highest BCUT2D eigenvalue weighted by Crippen LogP contribution is 2.25. The molecule has 0 radical (unpaired) electrons. The molecule has 0 aliphatic heterocycles. The molecule has 0 spiro atoms. The van der Waals surface area contributed by atoms with E-state index >= 15 is 0 Å². The predicted octanol–water partition coefficient (Wildman–Crippen LogP) is 4.72. The highest BCUT2D eigenvalue weighted by atomic mass is 35.5. The fourth-order valence-corrected chi connectivity index (χ4v) is 2.45. The van der Waals surface area contributed by atoms with Crippen LogP contribution in [0.15, 0.2) is 48.5 Å². The molecule has 0 heterocycles. The van der Waals surface area contributed by atoms with E-state index in [2.05, 4.69) is 22.8 Å². The molecule has 0 bridgehead atoms. The highest BCUT2D eigenvalue weighted by Gasteiger charge is 2.08. The lowest BCUT2D eigenvalue weighted by Crippen LogP contribution is -2.36. The summed E-state index contributed by atoms with van der Waals surface area (Å²) in [5.41, 5.74) is 2.22. The first-order valence-electron chi connectivity index (χ1n) is 6.59. The van der Waals surface area contributed by atoms with E-state index in [1.54, 1.807) is 6.07 Å². The second-order valence-electron chi connectivity index (χ2n) is 4.71. The van der Waals surface area contributed by atoms with Gasteiger partial charge in [-0.1, -0.05) is 59.6 Å². The molecule has 0 fully saturated rings. The van der Waals surface area contributed by atoms with E-state index in [1.165, 1.54) is 5.56 Å². The zero-order valence-electron chi connectivity index (χ0n) is 11.6. The number of hydrogen-bond acceptors (Lipinski definition) is 1. The Bertz CT molecular complexity index is 617. The van der Waals surface area contributed by atoms with Crippen molar-refractivity contribution in [3.63, 3.8) is 0 Å². The smallest absolute Gasteiger partial charge is 0.167 e. The number of thiocarbonyl (C=S) groups is 1. The lowest BCUT2D eigenvalue weighted by atomic mass is 10.1. The average molecular weight is 339 g/mol. The molecule has 5 heteroatoms. The van der Waals surface area contributed by atoms with Crippen LogP contribution in [0.1, 0.15) is 24.1 Å². The molecule has 2 aromatic carbocycles. The number of benzene rings is 2. The van der Waals surface area contributed by atoms with Gasteiger partial charge in [-0.2, -0.15) is 0 Å². The Morgan fingerprint density at radius 3 is 2.48 bits per heavy atom. The van der Waals surface area contributed by atoms with Crippen LogP contribution in [-0.2, 0) is 6.54 Å². The molecule has 110 valence electrons. The first-order chi connectivity index (χ1) is 10.1. The van der Waals surface area contributed by atoms with Crippen molar-refractivity contribution in [3.05, 3.63) is 69.7 Å². The largest absolute Gasteiger partial charge is 0.359 e. The second kappa shape index (κ2) is 7.64. The van der Waals surface area contributed by atoms with Crippen molar-refractivity contribution in [3.8, 4) is 0 Å². The van der Waals surface area contributed by atoms with Crippen LogP contribution in [0.3, 0.4) is 0 Å². The molecule has 0 saturated carbocycles. The standard InChI is InChI=1S/C16H16Cl2N2S/c1-11(13-7-8-14(17)15(18)9-13)20-16(21)19-10-12-5-3-2-4-6-12/h2-9,11H,10H2,1H3,(H2,19,20,21)/t11-/m1/s1. The van der Waals surface area contributed by atoms with E-state index in [1.807, 2.05) is 37.3 Å². The highest BCUT2D eigenvalue weighted by molar-refractivity contribution is 7.80. The minimum absolute atomic E-state index is 0.0514. The summed E-state index contributed by atoms with van der Waals surface area (Å²) in [5, 5.41) is 8.13. The lowest BCUT2D eigenvalue weighted by Gasteiger charge is -2.18. The normalized spacial score (nSPS) is 11.8. The lowest BCUT2D eigenvalue weighted by molar-refractivity contribution is 0.698. The van der Waals surface area contributed by atoms with Crippen molar-refractivity contribution in [1.29, 1.82) is 0 Å². The van der Waals surface area contributed by atoms with Crippen LogP contribution >= 0.6 is 35.4 Å². The molecule has 2 N–H and O–H groups in total. The Labute approximate surface area is 140 Å². The van der Waals surface area contributed by atoms with Crippen LogP contribution in [0.4, 0.5) is 0 Å². The van der Waals surface area contributed by atoms with Gasteiger partial charge in [0.1, 0.15) is 0 Å². The van der Waals surface area contributed by atoms with E-state index in [0.29, 0.717) is 21.7 Å². The van der Waals surface area contributed by atoms with Crippen molar-refractivity contribution >= 4 is 40.5 Å². The monoisotopic (exact) mass is 338 g/mol. The number of nitrogens with one attached hydrogen (secondary N) is 2. The van der Waals surface area contributed by atoms with Gasteiger partial charge in [0.2, 0.25) is 0 Å². The topological polar surface area (TPSA) is 24.1 Å². The Morgan fingerprint density at radius 2 is 1.81 bits per heavy atom. The Morgan fingerprint density at radius 1 is 1.10 bits per heavy atom. The maximum absolute atomic E-state index is 6.03. The number of rotatable bonds is 4. The van der Waals surface area contributed by atoms with Gasteiger partial charge >= 0.3 is 0 Å². The predicted molar refractivity (Wildman–Crippen MR) is 93.9 cm³/mol. The van der Waals surface area contributed by atoms with E-state index in [-0.39, 0.29) is 6.04 Å². The third kappa shape index (κ3) is 4.88. The molecule has 0 amide bonds. The summed E-state index contributed by atoms with van der Waals surface area (Å²) in [6, 6.07) is 15.7. The molecule has 2 aromatic rings. The quantitative estimate of drug-likeness (QED) is 0.789. The summed E-state index contributed by atoms with van der Waals surface area (Å²) in [5.74, 6) is 0. The summed E-state index contributed by atoms with van der Waals surface area (Å²) >= 11 is 17.3. The zero-order chi connectivity index (χ0) is 15.2. The second-order valence-corrected chi connectivity index (χ2v) is 5.93. The Kier molecular flexibility index (Phi) is 5.85. The minimum Gasteiger partial charge on any atom is -0.359 e. The molecule has 1 atom stereocenters. The van der Waals surface area contributed by atoms with E-state index < -0.39 is 0 Å². The Hall–Kier alpha value is -1.29. The Balaban J connectivity index is 1.88. The van der Waals surface area contributed by atoms with Gasteiger partial charge in [-0.15, -0.1) is 0 Å². The third-order valence-corrected chi connectivity index (χ3v) is 4.09. The number of halogens is 2. The molecular weight excluding hydrogens is 323 g/mol. The summed E-state index contributed by atoms with van der Waals surface area (Å²) in [7, 11) is 0. The molecule has 21 heavy (non-hydrogen) atoms. The number of hydrogen-bond donors (Lipinski definition) is 2.